The number of pyridine rings is 1. The van der Waals surface area contributed by atoms with Crippen molar-refractivity contribution < 1.29 is 9.90 Å². The van der Waals surface area contributed by atoms with E-state index in [4.69, 9.17) is 6.42 Å². The van der Waals surface area contributed by atoms with Gasteiger partial charge in [0.15, 0.2) is 5.78 Å². The van der Waals surface area contributed by atoms with Crippen molar-refractivity contribution in [3.05, 3.63) is 29.0 Å². The number of ketones is 1. The quantitative estimate of drug-likeness (QED) is 0.815. The highest BCUT2D eigenvalue weighted by molar-refractivity contribution is 6.10. The van der Waals surface area contributed by atoms with Crippen LogP contribution in [0, 0.1) is 17.8 Å². The number of rotatable bonds is 2. The van der Waals surface area contributed by atoms with E-state index in [-0.39, 0.29) is 11.9 Å². The number of nitrogens with zero attached hydrogens (tertiary/aromatic N) is 3. The molecule has 140 valence electrons. The van der Waals surface area contributed by atoms with Gasteiger partial charge in [-0.25, -0.2) is 4.98 Å². The number of fused-ring (bicyclic) bond motifs is 1. The molecule has 2 saturated heterocycles. The van der Waals surface area contributed by atoms with E-state index in [0.29, 0.717) is 30.5 Å². The third kappa shape index (κ3) is 2.66. The van der Waals surface area contributed by atoms with Gasteiger partial charge in [0.1, 0.15) is 5.82 Å². The smallest absolute Gasteiger partial charge is 0.177 e. The molecular weight excluding hydrogens is 338 g/mol. The Morgan fingerprint density at radius 2 is 1.93 bits per heavy atom. The lowest BCUT2D eigenvalue weighted by molar-refractivity contribution is -0.114. The highest BCUT2D eigenvalue weighted by Crippen LogP contribution is 2.50. The Morgan fingerprint density at radius 3 is 2.52 bits per heavy atom. The minimum Gasteiger partial charge on any atom is -0.389 e. The van der Waals surface area contributed by atoms with Gasteiger partial charge in [-0.15, -0.1) is 6.42 Å². The van der Waals surface area contributed by atoms with Crippen LogP contribution in [0.15, 0.2) is 17.8 Å². The van der Waals surface area contributed by atoms with E-state index in [1.807, 2.05) is 6.20 Å². The lowest BCUT2D eigenvalue weighted by Gasteiger charge is -2.49. The molecule has 2 aliphatic carbocycles. The van der Waals surface area contributed by atoms with Gasteiger partial charge in [0.2, 0.25) is 0 Å². The average molecular weight is 363 g/mol. The molecule has 1 spiro atoms. The Labute approximate surface area is 160 Å². The van der Waals surface area contributed by atoms with Gasteiger partial charge in [0, 0.05) is 44.4 Å². The van der Waals surface area contributed by atoms with Crippen molar-refractivity contribution in [1.82, 2.24) is 9.88 Å². The molecular formula is C22H25N3O2. The highest BCUT2D eigenvalue weighted by Gasteiger charge is 2.41. The van der Waals surface area contributed by atoms with E-state index < -0.39 is 0 Å². The summed E-state index contributed by atoms with van der Waals surface area (Å²) in [7, 11) is 0. The molecule has 0 amide bonds. The standard InChI is InChI=1S/C22H25N3O2/c1-2-17-19(27)10-15-12-23-20(25-13-16(26)14-25)11-18(15)21(17)24-8-6-22(7-9-24)4-3-5-22/h1,11-12,16,26H,3-10,13-14H2. The van der Waals surface area contributed by atoms with Gasteiger partial charge < -0.3 is 14.9 Å². The number of anilines is 1. The number of hydrogen-bond acceptors (Lipinski definition) is 5. The molecule has 3 heterocycles. The SMILES string of the molecule is C#CC1=C(N2CCC3(CCC3)CC2)c2cc(N3CC(O)C3)ncc2CC1=O. The van der Waals surface area contributed by atoms with Crippen LogP contribution in [0.3, 0.4) is 0 Å². The molecule has 0 atom stereocenters. The number of carbonyl (C=O) groups is 1. The minimum absolute atomic E-state index is 0.0258. The van der Waals surface area contributed by atoms with Gasteiger partial charge in [-0.2, -0.15) is 0 Å². The summed E-state index contributed by atoms with van der Waals surface area (Å²) in [4.78, 5) is 21.6. The molecule has 0 unspecified atom stereocenters. The molecule has 27 heavy (non-hydrogen) atoms. The summed E-state index contributed by atoms with van der Waals surface area (Å²) in [5.41, 5.74) is 4.02. The van der Waals surface area contributed by atoms with E-state index in [2.05, 4.69) is 26.8 Å². The third-order valence-corrected chi connectivity index (χ3v) is 6.98. The van der Waals surface area contributed by atoms with Gasteiger partial charge in [0.05, 0.1) is 17.4 Å². The zero-order valence-electron chi connectivity index (χ0n) is 15.6. The largest absolute Gasteiger partial charge is 0.389 e. The fourth-order valence-electron chi connectivity index (χ4n) is 5.04. The predicted molar refractivity (Wildman–Crippen MR) is 104 cm³/mol. The number of Topliss-reactive ketones (excluding diaryl/α,β-unsaturated/α-hetero) is 1. The number of terminal acetylenes is 1. The molecule has 1 saturated carbocycles. The maximum Gasteiger partial charge on any atom is 0.177 e. The molecule has 1 N–H and O–H groups in total. The molecule has 0 bridgehead atoms. The van der Waals surface area contributed by atoms with Crippen molar-refractivity contribution in [1.29, 1.82) is 0 Å². The number of hydrogen-bond donors (Lipinski definition) is 1. The van der Waals surface area contributed by atoms with Gasteiger partial charge in [-0.3, -0.25) is 4.79 Å². The average Bonchev–Trinajstić information content (AvgIpc) is 2.63. The molecule has 1 aromatic heterocycles. The van der Waals surface area contributed by atoms with Crippen molar-refractivity contribution in [2.45, 2.75) is 44.6 Å². The van der Waals surface area contributed by atoms with E-state index >= 15 is 0 Å². The number of β-amino-alcohol motifs (C(OH)–C–C–N with tert-alkyl or cyclic N) is 1. The number of aromatic nitrogens is 1. The Morgan fingerprint density at radius 1 is 1.19 bits per heavy atom. The topological polar surface area (TPSA) is 56.7 Å². The third-order valence-electron chi connectivity index (χ3n) is 6.98. The molecule has 5 rings (SSSR count). The van der Waals surface area contributed by atoms with Crippen LogP contribution in [0.4, 0.5) is 5.82 Å². The molecule has 0 aromatic carbocycles. The molecule has 4 aliphatic rings. The number of aliphatic hydroxyl groups is 1. The van der Waals surface area contributed by atoms with Crippen LogP contribution in [0.5, 0.6) is 0 Å². The van der Waals surface area contributed by atoms with Crippen LogP contribution in [0.25, 0.3) is 5.70 Å². The fourth-order valence-corrected chi connectivity index (χ4v) is 5.04. The molecule has 5 heteroatoms. The molecule has 5 nitrogen and oxygen atoms in total. The number of aliphatic hydroxyl groups excluding tert-OH is 1. The van der Waals surface area contributed by atoms with E-state index in [1.54, 1.807) is 0 Å². The van der Waals surface area contributed by atoms with Crippen LogP contribution in [-0.2, 0) is 11.2 Å². The van der Waals surface area contributed by atoms with Crippen molar-refractivity contribution in [3.63, 3.8) is 0 Å². The molecule has 0 radical (unpaired) electrons. The van der Waals surface area contributed by atoms with Crippen LogP contribution in [0.2, 0.25) is 0 Å². The first-order chi connectivity index (χ1) is 13.1. The summed E-state index contributed by atoms with van der Waals surface area (Å²) in [6.07, 6.45) is 14.1. The fraction of sp³-hybridized carbons (Fsp3) is 0.545. The first-order valence-corrected chi connectivity index (χ1v) is 10.00. The van der Waals surface area contributed by atoms with Gasteiger partial charge >= 0.3 is 0 Å². The number of piperidine rings is 1. The molecule has 3 fully saturated rings. The lowest BCUT2D eigenvalue weighted by Crippen LogP contribution is -2.51. The Kier molecular flexibility index (Phi) is 3.80. The summed E-state index contributed by atoms with van der Waals surface area (Å²) >= 11 is 0. The number of allylic oxidation sites excluding steroid dienone is 1. The van der Waals surface area contributed by atoms with Crippen molar-refractivity contribution in [2.75, 3.05) is 31.1 Å². The summed E-state index contributed by atoms with van der Waals surface area (Å²) in [6.45, 7) is 3.15. The summed E-state index contributed by atoms with van der Waals surface area (Å²) in [5, 5.41) is 9.61. The van der Waals surface area contributed by atoms with E-state index in [0.717, 1.165) is 35.7 Å². The number of carbonyl (C=O) groups excluding carboxylic acids is 1. The van der Waals surface area contributed by atoms with Crippen molar-refractivity contribution >= 4 is 17.3 Å². The first-order valence-electron chi connectivity index (χ1n) is 10.00. The maximum atomic E-state index is 12.7. The van der Waals surface area contributed by atoms with Crippen molar-refractivity contribution in [3.8, 4) is 12.3 Å². The first kappa shape index (κ1) is 16.8. The van der Waals surface area contributed by atoms with Gasteiger partial charge in [0.25, 0.3) is 0 Å². The van der Waals surface area contributed by atoms with Crippen molar-refractivity contribution in [2.24, 2.45) is 5.41 Å². The van der Waals surface area contributed by atoms with Crippen LogP contribution >= 0.6 is 0 Å². The van der Waals surface area contributed by atoms with Crippen LogP contribution < -0.4 is 4.90 Å². The lowest BCUT2D eigenvalue weighted by atomic mass is 9.63. The maximum absolute atomic E-state index is 12.7. The second kappa shape index (κ2) is 6.10. The molecule has 2 aliphatic heterocycles. The second-order valence-corrected chi connectivity index (χ2v) is 8.57. The Balaban J connectivity index is 1.51. The van der Waals surface area contributed by atoms with Gasteiger partial charge in [-0.1, -0.05) is 12.3 Å². The second-order valence-electron chi connectivity index (χ2n) is 8.57. The van der Waals surface area contributed by atoms with Gasteiger partial charge in [-0.05, 0) is 42.7 Å². The minimum atomic E-state index is -0.276. The monoisotopic (exact) mass is 363 g/mol. The van der Waals surface area contributed by atoms with Crippen LogP contribution in [0.1, 0.15) is 43.2 Å². The summed E-state index contributed by atoms with van der Waals surface area (Å²) < 4.78 is 0. The van der Waals surface area contributed by atoms with E-state index in [9.17, 15) is 9.90 Å². The van der Waals surface area contributed by atoms with E-state index in [1.165, 1.54) is 32.1 Å². The zero-order chi connectivity index (χ0) is 18.6. The summed E-state index contributed by atoms with van der Waals surface area (Å²) in [6, 6.07) is 2.06. The normalized spacial score (nSPS) is 24.4. The zero-order valence-corrected chi connectivity index (χ0v) is 15.6. The van der Waals surface area contributed by atoms with Crippen LogP contribution in [-0.4, -0.2) is 53.1 Å². The highest BCUT2D eigenvalue weighted by atomic mass is 16.3. The summed E-state index contributed by atoms with van der Waals surface area (Å²) in [5.74, 6) is 3.57. The predicted octanol–water partition coefficient (Wildman–Crippen LogP) is 2.00. The Hall–Kier alpha value is -2.32. The molecule has 1 aromatic rings. The number of likely N-dealkylation sites (tertiary alicyclic amines) is 1. The Bertz CT molecular complexity index is 862.